The van der Waals surface area contributed by atoms with Crippen LogP contribution in [0.4, 0.5) is 36.7 Å². The van der Waals surface area contributed by atoms with Gasteiger partial charge < -0.3 is 56.3 Å². The molecule has 1 unspecified atom stereocenters. The van der Waals surface area contributed by atoms with Gasteiger partial charge in [0, 0.05) is 49.9 Å². The molecule has 3 fully saturated rings. The molecule has 6 heterocycles. The molecule has 0 saturated heterocycles. The first kappa shape index (κ1) is 52.5. The highest BCUT2D eigenvalue weighted by atomic mass is 32.1. The third-order valence-corrected chi connectivity index (χ3v) is 16.5. The Balaban J connectivity index is 0.908. The minimum absolute atomic E-state index is 0.144. The molecule has 1 aromatic carbocycles. The molecule has 398 valence electrons. The Hall–Kier alpha value is -5.99. The minimum atomic E-state index is -4.83. The van der Waals surface area contributed by atoms with Crippen LogP contribution in [0.15, 0.2) is 48.8 Å². The first-order chi connectivity index (χ1) is 36.0. The maximum atomic E-state index is 12.8. The number of aryl methyl sites for hydroxylation is 3. The molecule has 0 radical (unpaired) electrons. The van der Waals surface area contributed by atoms with E-state index in [-0.39, 0.29) is 44.0 Å². The van der Waals surface area contributed by atoms with Crippen molar-refractivity contribution in [3.8, 4) is 26.9 Å². The Bertz CT molecular complexity index is 3150. The quantitative estimate of drug-likeness (QED) is 0.0409. The maximum absolute atomic E-state index is 12.8. The first-order valence-electron chi connectivity index (χ1n) is 25.1. The van der Waals surface area contributed by atoms with Crippen LogP contribution in [0.2, 0.25) is 0 Å². The summed E-state index contributed by atoms with van der Waals surface area (Å²) in [5.41, 5.74) is 5.99. The largest absolute Gasteiger partial charge is 0.573 e. The number of aliphatic hydroxyl groups is 5. The van der Waals surface area contributed by atoms with E-state index in [1.807, 2.05) is 26.0 Å². The Morgan fingerprint density at radius 1 is 0.680 bits per heavy atom. The lowest BCUT2D eigenvalue weighted by atomic mass is 10.1. The molecule has 9 atom stereocenters. The van der Waals surface area contributed by atoms with Crippen molar-refractivity contribution < 1.29 is 48.2 Å². The van der Waals surface area contributed by atoms with E-state index in [1.165, 1.54) is 46.9 Å². The molecule has 3 aliphatic carbocycles. The molecule has 75 heavy (non-hydrogen) atoms. The average Bonchev–Trinajstić information content (AvgIpc) is 4.23. The van der Waals surface area contributed by atoms with Crippen molar-refractivity contribution in [3.05, 3.63) is 77.1 Å². The van der Waals surface area contributed by atoms with Crippen LogP contribution in [0.1, 0.15) is 79.8 Å². The zero-order chi connectivity index (χ0) is 52.7. The number of pyridine rings is 2. The number of ether oxygens (including phenoxy) is 2. The van der Waals surface area contributed by atoms with Crippen molar-refractivity contribution in [2.75, 3.05) is 41.1 Å². The lowest BCUT2D eigenvalue weighted by molar-refractivity contribution is -0.274. The summed E-state index contributed by atoms with van der Waals surface area (Å²) in [5.74, 6) is 0.121. The molecule has 0 amide bonds. The van der Waals surface area contributed by atoms with E-state index in [4.69, 9.17) is 39.6 Å². The second kappa shape index (κ2) is 21.9. The van der Waals surface area contributed by atoms with Gasteiger partial charge in [0.15, 0.2) is 0 Å². The molecule has 3 aliphatic rings. The standard InChI is InChI=1S/C51H59F3N12O7S2/c1-23(27-9-11-31(12-10-27)73-51(52,53)54)57-49-58-24(2)37(45(65-49)61-33-19-28(21-67)41(69)43(33)71)48-64-40-32(56-17-14-36(40)75-48)15-18-72-44-34(20-29(22-68)42(44)70)62-46-38(47-63-39-26(4)55-16-13-35(39)74-47)25(3)59-50(66-46)60-30-7-5-6-8-30/h9-14,16-17,23,28-30,33-34,41-44,67-71H,5-8,15,18-22H2,1-4H3,(H2,57,58,61,65)(H2,59,60,62,66)/t23-,28-,29-,33-,34?,41-,42-,43+,44+/m1/s1. The number of alkyl halides is 3. The van der Waals surface area contributed by atoms with Gasteiger partial charge >= 0.3 is 6.36 Å². The Kier molecular flexibility index (Phi) is 15.3. The lowest BCUT2D eigenvalue weighted by Gasteiger charge is -2.25. The highest BCUT2D eigenvalue weighted by Crippen LogP contribution is 2.42. The summed E-state index contributed by atoms with van der Waals surface area (Å²) in [4.78, 5) is 38.8. The third kappa shape index (κ3) is 11.3. The number of hydrogen-bond acceptors (Lipinski definition) is 21. The summed E-state index contributed by atoms with van der Waals surface area (Å²) in [6.45, 7) is 7.02. The highest BCUT2D eigenvalue weighted by molar-refractivity contribution is 7.22. The van der Waals surface area contributed by atoms with Crippen LogP contribution >= 0.6 is 22.7 Å². The van der Waals surface area contributed by atoms with Crippen LogP contribution in [-0.2, 0) is 11.2 Å². The van der Waals surface area contributed by atoms with Crippen LogP contribution in [0.3, 0.4) is 0 Å². The predicted molar refractivity (Wildman–Crippen MR) is 279 cm³/mol. The number of nitrogens with zero attached hydrogens (tertiary/aromatic N) is 8. The molecule has 0 aliphatic heterocycles. The number of benzene rings is 1. The van der Waals surface area contributed by atoms with E-state index < -0.39 is 60.7 Å². The van der Waals surface area contributed by atoms with Gasteiger partial charge in [0.1, 0.15) is 50.6 Å². The molecule has 24 heteroatoms. The third-order valence-electron chi connectivity index (χ3n) is 14.5. The molecular weight excluding hydrogens is 1010 g/mol. The molecule has 9 N–H and O–H groups in total. The fourth-order valence-electron chi connectivity index (χ4n) is 10.5. The first-order valence-corrected chi connectivity index (χ1v) is 26.7. The van der Waals surface area contributed by atoms with Crippen LogP contribution in [0.5, 0.6) is 5.75 Å². The van der Waals surface area contributed by atoms with Crippen LogP contribution in [0, 0.1) is 32.6 Å². The Labute approximate surface area is 437 Å². The number of fused-ring (bicyclic) bond motifs is 2. The normalized spacial score (nSPS) is 23.6. The van der Waals surface area contributed by atoms with Crippen molar-refractivity contribution >= 4 is 66.6 Å². The topological polar surface area (TPSA) is 271 Å². The summed E-state index contributed by atoms with van der Waals surface area (Å²) >= 11 is 2.91. The summed E-state index contributed by atoms with van der Waals surface area (Å²) in [6, 6.07) is 7.87. The molecular formula is C51H59F3N12O7S2. The fourth-order valence-corrected chi connectivity index (χ4v) is 12.7. The van der Waals surface area contributed by atoms with Crippen molar-refractivity contribution in [2.24, 2.45) is 11.8 Å². The summed E-state index contributed by atoms with van der Waals surface area (Å²) in [6.07, 6.45) is -0.230. The lowest BCUT2D eigenvalue weighted by Crippen LogP contribution is -2.39. The number of thiazole rings is 2. The van der Waals surface area contributed by atoms with E-state index in [0.717, 1.165) is 62.6 Å². The Morgan fingerprint density at radius 2 is 1.27 bits per heavy atom. The number of hydrogen-bond donors (Lipinski definition) is 9. The zero-order valence-corrected chi connectivity index (χ0v) is 43.2. The van der Waals surface area contributed by atoms with Gasteiger partial charge in [0.2, 0.25) is 11.9 Å². The smallest absolute Gasteiger partial charge is 0.406 e. The molecule has 6 aromatic heterocycles. The molecule has 0 bridgehead atoms. The monoisotopic (exact) mass is 1070 g/mol. The number of anilines is 4. The fraction of sp³-hybridized carbons (Fsp3) is 0.490. The van der Waals surface area contributed by atoms with Crippen molar-refractivity contribution in [1.29, 1.82) is 0 Å². The number of rotatable bonds is 18. The van der Waals surface area contributed by atoms with E-state index in [2.05, 4.69) is 31.0 Å². The van der Waals surface area contributed by atoms with Gasteiger partial charge in [-0.15, -0.1) is 35.8 Å². The average molecular weight is 1070 g/mol. The van der Waals surface area contributed by atoms with Crippen LogP contribution < -0.4 is 26.0 Å². The number of halogens is 3. The molecule has 10 rings (SSSR count). The van der Waals surface area contributed by atoms with Crippen LogP contribution in [0.25, 0.3) is 41.6 Å². The SMILES string of the molecule is Cc1nc(NC2CCCC2)nc(NC2C[C@H](CO)[C@@H](O)[C@H]2OCCc2nccc3sc(-c4c(C)nc(N[C@H](C)c5ccc(OC(F)(F)F)cc5)nc4N[C@@H]4C[C@H](CO)[C@@H](O)[C@H]4O)nc23)c1-c1nc2c(C)nccc2s1. The van der Waals surface area contributed by atoms with E-state index in [9.17, 15) is 38.7 Å². The number of aliphatic hydroxyl groups excluding tert-OH is 5. The minimum Gasteiger partial charge on any atom is -0.406 e. The van der Waals surface area contributed by atoms with Gasteiger partial charge in [-0.05, 0) is 83.2 Å². The van der Waals surface area contributed by atoms with Crippen molar-refractivity contribution in [3.63, 3.8) is 0 Å². The van der Waals surface area contributed by atoms with Crippen LogP contribution in [-0.4, -0.2) is 134 Å². The maximum Gasteiger partial charge on any atom is 0.573 e. The van der Waals surface area contributed by atoms with E-state index in [1.54, 1.807) is 26.2 Å². The summed E-state index contributed by atoms with van der Waals surface area (Å²) < 4.78 is 50.9. The van der Waals surface area contributed by atoms with Crippen molar-refractivity contribution in [2.45, 2.75) is 128 Å². The van der Waals surface area contributed by atoms with Crippen molar-refractivity contribution in [1.82, 2.24) is 39.9 Å². The summed E-state index contributed by atoms with van der Waals surface area (Å²) in [5, 5.41) is 68.9. The zero-order valence-electron chi connectivity index (χ0n) is 41.5. The van der Waals surface area contributed by atoms with E-state index >= 15 is 0 Å². The molecule has 19 nitrogen and oxygen atoms in total. The molecule has 7 aromatic rings. The van der Waals surface area contributed by atoms with Gasteiger partial charge in [-0.2, -0.15) is 9.97 Å². The summed E-state index contributed by atoms with van der Waals surface area (Å²) in [7, 11) is 0. The molecule has 0 spiro atoms. The van der Waals surface area contributed by atoms with Gasteiger partial charge in [-0.25, -0.2) is 19.9 Å². The van der Waals surface area contributed by atoms with Gasteiger partial charge in [-0.1, -0.05) is 25.0 Å². The number of aromatic nitrogens is 8. The van der Waals surface area contributed by atoms with Gasteiger partial charge in [-0.3, -0.25) is 9.97 Å². The second-order valence-corrected chi connectivity index (χ2v) is 21.7. The Morgan fingerprint density at radius 3 is 1.91 bits per heavy atom. The van der Waals surface area contributed by atoms with E-state index in [0.29, 0.717) is 63.5 Å². The highest BCUT2D eigenvalue weighted by Gasteiger charge is 2.44. The van der Waals surface area contributed by atoms with Gasteiger partial charge in [0.05, 0.1) is 80.2 Å². The number of nitrogens with one attached hydrogen (secondary N) is 4. The van der Waals surface area contributed by atoms with Gasteiger partial charge in [0.25, 0.3) is 0 Å². The molecule has 3 saturated carbocycles. The predicted octanol–water partition coefficient (Wildman–Crippen LogP) is 7.26. The second-order valence-electron chi connectivity index (χ2n) is 19.6.